The molecule has 76 valence electrons. The SMILES string of the molecule is C=C(C)C(=O)CCCC(C)CCN. The lowest BCUT2D eigenvalue weighted by molar-refractivity contribution is -0.115. The summed E-state index contributed by atoms with van der Waals surface area (Å²) in [6, 6.07) is 0. The Bertz CT molecular complexity index is 175. The Hall–Kier alpha value is -0.630. The monoisotopic (exact) mass is 183 g/mol. The fourth-order valence-corrected chi connectivity index (χ4v) is 1.25. The van der Waals surface area contributed by atoms with Crippen molar-refractivity contribution in [2.24, 2.45) is 11.7 Å². The van der Waals surface area contributed by atoms with Crippen LogP contribution in [0.5, 0.6) is 0 Å². The lowest BCUT2D eigenvalue weighted by Gasteiger charge is -2.08. The van der Waals surface area contributed by atoms with Gasteiger partial charge in [0.05, 0.1) is 0 Å². The van der Waals surface area contributed by atoms with Crippen LogP contribution in [0.15, 0.2) is 12.2 Å². The first-order chi connectivity index (χ1) is 6.07. The number of hydrogen-bond donors (Lipinski definition) is 1. The second-order valence-electron chi connectivity index (χ2n) is 3.78. The second kappa shape index (κ2) is 6.84. The number of ketones is 1. The zero-order valence-corrected chi connectivity index (χ0v) is 8.81. The van der Waals surface area contributed by atoms with E-state index in [9.17, 15) is 4.79 Å². The van der Waals surface area contributed by atoms with E-state index in [-0.39, 0.29) is 5.78 Å². The summed E-state index contributed by atoms with van der Waals surface area (Å²) >= 11 is 0. The number of carbonyl (C=O) groups is 1. The molecule has 0 spiro atoms. The van der Waals surface area contributed by atoms with Gasteiger partial charge in [0, 0.05) is 6.42 Å². The molecule has 0 bridgehead atoms. The Labute approximate surface area is 81.2 Å². The molecule has 0 heterocycles. The maximum Gasteiger partial charge on any atom is 0.157 e. The Morgan fingerprint density at radius 2 is 2.08 bits per heavy atom. The predicted octanol–water partition coefficient (Wildman–Crippen LogP) is 2.29. The molecule has 0 amide bonds. The second-order valence-corrected chi connectivity index (χ2v) is 3.78. The molecule has 1 atom stereocenters. The average molecular weight is 183 g/mol. The minimum atomic E-state index is 0.194. The molecule has 0 aromatic rings. The summed E-state index contributed by atoms with van der Waals surface area (Å²) < 4.78 is 0. The number of Topliss-reactive ketones (excluding diaryl/α,β-unsaturated/α-hetero) is 1. The Balaban J connectivity index is 3.44. The fourth-order valence-electron chi connectivity index (χ4n) is 1.25. The standard InChI is InChI=1S/C11H21NO/c1-9(2)11(13)6-4-5-10(3)7-8-12/h10H,1,4-8,12H2,2-3H3. The Kier molecular flexibility index (Phi) is 6.51. The normalized spacial score (nSPS) is 12.5. The molecule has 0 saturated heterocycles. The number of rotatable bonds is 7. The van der Waals surface area contributed by atoms with E-state index in [0.717, 1.165) is 25.8 Å². The summed E-state index contributed by atoms with van der Waals surface area (Å²) in [4.78, 5) is 11.2. The van der Waals surface area contributed by atoms with Gasteiger partial charge in [0.2, 0.25) is 0 Å². The molecular formula is C11H21NO. The molecule has 0 aliphatic heterocycles. The predicted molar refractivity (Wildman–Crippen MR) is 56.5 cm³/mol. The number of nitrogens with two attached hydrogens (primary N) is 1. The van der Waals surface area contributed by atoms with Crippen molar-refractivity contribution in [2.45, 2.75) is 39.5 Å². The summed E-state index contributed by atoms with van der Waals surface area (Å²) in [5.74, 6) is 0.836. The first-order valence-electron chi connectivity index (χ1n) is 4.96. The molecule has 0 saturated carbocycles. The fraction of sp³-hybridized carbons (Fsp3) is 0.727. The van der Waals surface area contributed by atoms with Crippen molar-refractivity contribution >= 4 is 5.78 Å². The van der Waals surface area contributed by atoms with Gasteiger partial charge in [-0.1, -0.05) is 19.9 Å². The molecule has 0 rings (SSSR count). The maximum absolute atomic E-state index is 11.2. The van der Waals surface area contributed by atoms with Crippen molar-refractivity contribution in [2.75, 3.05) is 6.54 Å². The van der Waals surface area contributed by atoms with E-state index < -0.39 is 0 Å². The van der Waals surface area contributed by atoms with Crippen LogP contribution in [0.4, 0.5) is 0 Å². The number of allylic oxidation sites excluding steroid dienone is 1. The molecule has 0 radical (unpaired) electrons. The van der Waals surface area contributed by atoms with Gasteiger partial charge in [-0.3, -0.25) is 4.79 Å². The van der Waals surface area contributed by atoms with Crippen molar-refractivity contribution in [1.82, 2.24) is 0 Å². The van der Waals surface area contributed by atoms with Crippen LogP contribution in [0.1, 0.15) is 39.5 Å². The van der Waals surface area contributed by atoms with E-state index in [1.807, 2.05) is 0 Å². The maximum atomic E-state index is 11.2. The molecule has 2 N–H and O–H groups in total. The topological polar surface area (TPSA) is 43.1 Å². The Morgan fingerprint density at radius 3 is 2.54 bits per heavy atom. The molecule has 13 heavy (non-hydrogen) atoms. The van der Waals surface area contributed by atoms with Gasteiger partial charge in [0.25, 0.3) is 0 Å². The van der Waals surface area contributed by atoms with E-state index in [1.54, 1.807) is 6.92 Å². The largest absolute Gasteiger partial charge is 0.330 e. The van der Waals surface area contributed by atoms with E-state index in [4.69, 9.17) is 5.73 Å². The molecule has 1 unspecified atom stereocenters. The summed E-state index contributed by atoms with van der Waals surface area (Å²) in [7, 11) is 0. The highest BCUT2D eigenvalue weighted by Crippen LogP contribution is 2.12. The van der Waals surface area contributed by atoms with Crippen molar-refractivity contribution in [3.8, 4) is 0 Å². The number of carbonyl (C=O) groups excluding carboxylic acids is 1. The van der Waals surface area contributed by atoms with Crippen molar-refractivity contribution in [3.05, 3.63) is 12.2 Å². The van der Waals surface area contributed by atoms with Crippen LogP contribution >= 0.6 is 0 Å². The van der Waals surface area contributed by atoms with Crippen molar-refractivity contribution in [1.29, 1.82) is 0 Å². The third-order valence-electron chi connectivity index (χ3n) is 2.24. The summed E-state index contributed by atoms with van der Waals surface area (Å²) in [6.07, 6.45) is 3.76. The quantitative estimate of drug-likeness (QED) is 0.615. The van der Waals surface area contributed by atoms with Gasteiger partial charge in [-0.25, -0.2) is 0 Å². The highest BCUT2D eigenvalue weighted by molar-refractivity contribution is 5.93. The average Bonchev–Trinajstić information content (AvgIpc) is 2.04. The molecule has 0 aromatic carbocycles. The molecule has 0 fully saturated rings. The van der Waals surface area contributed by atoms with E-state index >= 15 is 0 Å². The lowest BCUT2D eigenvalue weighted by Crippen LogP contribution is -2.06. The molecule has 0 aromatic heterocycles. The van der Waals surface area contributed by atoms with Crippen molar-refractivity contribution < 1.29 is 4.79 Å². The van der Waals surface area contributed by atoms with Gasteiger partial charge in [0.15, 0.2) is 5.78 Å². The van der Waals surface area contributed by atoms with E-state index in [2.05, 4.69) is 13.5 Å². The van der Waals surface area contributed by atoms with Gasteiger partial charge in [-0.15, -0.1) is 0 Å². The smallest absolute Gasteiger partial charge is 0.157 e. The highest BCUT2D eigenvalue weighted by Gasteiger charge is 2.04. The third-order valence-corrected chi connectivity index (χ3v) is 2.24. The van der Waals surface area contributed by atoms with E-state index in [1.165, 1.54) is 0 Å². The minimum absolute atomic E-state index is 0.194. The van der Waals surface area contributed by atoms with E-state index in [0.29, 0.717) is 17.9 Å². The van der Waals surface area contributed by atoms with Crippen molar-refractivity contribution in [3.63, 3.8) is 0 Å². The molecule has 0 aliphatic rings. The first-order valence-corrected chi connectivity index (χ1v) is 4.96. The molecule has 2 nitrogen and oxygen atoms in total. The van der Waals surface area contributed by atoms with Gasteiger partial charge in [-0.05, 0) is 37.8 Å². The molecular weight excluding hydrogens is 162 g/mol. The van der Waals surface area contributed by atoms with Crippen LogP contribution in [0, 0.1) is 5.92 Å². The van der Waals surface area contributed by atoms with Gasteiger partial charge < -0.3 is 5.73 Å². The Morgan fingerprint density at radius 1 is 1.46 bits per heavy atom. The zero-order chi connectivity index (χ0) is 10.3. The molecule has 0 aliphatic carbocycles. The number of hydrogen-bond acceptors (Lipinski definition) is 2. The minimum Gasteiger partial charge on any atom is -0.330 e. The van der Waals surface area contributed by atoms with Gasteiger partial charge in [-0.2, -0.15) is 0 Å². The van der Waals surface area contributed by atoms with Gasteiger partial charge in [0.1, 0.15) is 0 Å². The highest BCUT2D eigenvalue weighted by atomic mass is 16.1. The van der Waals surface area contributed by atoms with Crippen LogP contribution in [0.25, 0.3) is 0 Å². The summed E-state index contributed by atoms with van der Waals surface area (Å²) in [6.45, 7) is 8.31. The van der Waals surface area contributed by atoms with Crippen LogP contribution < -0.4 is 5.73 Å². The van der Waals surface area contributed by atoms with Crippen LogP contribution in [-0.4, -0.2) is 12.3 Å². The van der Waals surface area contributed by atoms with Crippen LogP contribution in [-0.2, 0) is 4.79 Å². The summed E-state index contributed by atoms with van der Waals surface area (Å²) in [5.41, 5.74) is 6.10. The van der Waals surface area contributed by atoms with Gasteiger partial charge >= 0.3 is 0 Å². The molecule has 2 heteroatoms. The van der Waals surface area contributed by atoms with Crippen LogP contribution in [0.3, 0.4) is 0 Å². The first kappa shape index (κ1) is 12.4. The van der Waals surface area contributed by atoms with Crippen LogP contribution in [0.2, 0.25) is 0 Å². The zero-order valence-electron chi connectivity index (χ0n) is 8.81. The lowest BCUT2D eigenvalue weighted by atomic mass is 9.98. The third kappa shape index (κ3) is 6.52. The summed E-state index contributed by atoms with van der Waals surface area (Å²) in [5, 5.41) is 0.